The number of carbonyl (C=O) groups is 1. The number of aryl methyl sites for hydroxylation is 3. The van der Waals surface area contributed by atoms with E-state index in [9.17, 15) is 14.0 Å². The first-order valence-corrected chi connectivity index (χ1v) is 10.9. The predicted molar refractivity (Wildman–Crippen MR) is 117 cm³/mol. The molecule has 2 heterocycles. The van der Waals surface area contributed by atoms with Crippen molar-refractivity contribution < 1.29 is 9.18 Å². The molecular formula is C21H22FN3O2S2. The van der Waals surface area contributed by atoms with Crippen LogP contribution in [-0.4, -0.2) is 21.2 Å². The zero-order valence-corrected chi connectivity index (χ0v) is 18.2. The molecule has 0 radical (unpaired) electrons. The Morgan fingerprint density at radius 1 is 1.38 bits per heavy atom. The van der Waals surface area contributed by atoms with E-state index >= 15 is 0 Å². The molecule has 0 aliphatic carbocycles. The van der Waals surface area contributed by atoms with E-state index in [2.05, 4.69) is 16.9 Å². The highest BCUT2D eigenvalue weighted by molar-refractivity contribution is 7.99. The van der Waals surface area contributed by atoms with Gasteiger partial charge in [-0.05, 0) is 43.5 Å². The lowest BCUT2D eigenvalue weighted by molar-refractivity contribution is -0.118. The molecular weight excluding hydrogens is 409 g/mol. The van der Waals surface area contributed by atoms with Crippen molar-refractivity contribution in [3.05, 3.63) is 68.6 Å². The molecule has 1 amide bonds. The van der Waals surface area contributed by atoms with Crippen molar-refractivity contribution in [3.8, 4) is 0 Å². The van der Waals surface area contributed by atoms with Crippen molar-refractivity contribution in [2.45, 2.75) is 39.0 Å². The van der Waals surface area contributed by atoms with E-state index < -0.39 is 0 Å². The molecule has 0 atom stereocenters. The maximum atomic E-state index is 13.6. The van der Waals surface area contributed by atoms with E-state index in [1.807, 2.05) is 13.8 Å². The van der Waals surface area contributed by atoms with Gasteiger partial charge in [0.1, 0.15) is 10.6 Å². The Labute approximate surface area is 176 Å². The van der Waals surface area contributed by atoms with Gasteiger partial charge < -0.3 is 5.32 Å². The van der Waals surface area contributed by atoms with Crippen LogP contribution in [0.2, 0.25) is 0 Å². The van der Waals surface area contributed by atoms with Crippen LogP contribution < -0.4 is 10.9 Å². The molecule has 5 nitrogen and oxygen atoms in total. The third-order valence-electron chi connectivity index (χ3n) is 4.62. The highest BCUT2D eigenvalue weighted by Crippen LogP contribution is 2.28. The number of rotatable bonds is 7. The van der Waals surface area contributed by atoms with Gasteiger partial charge in [-0.15, -0.1) is 17.9 Å². The quantitative estimate of drug-likeness (QED) is 0.347. The van der Waals surface area contributed by atoms with Crippen LogP contribution in [0.4, 0.5) is 4.39 Å². The Hall–Kier alpha value is -2.45. The second-order valence-electron chi connectivity index (χ2n) is 6.71. The van der Waals surface area contributed by atoms with E-state index in [0.29, 0.717) is 33.0 Å². The average molecular weight is 432 g/mol. The molecule has 152 valence electrons. The van der Waals surface area contributed by atoms with Crippen LogP contribution in [0, 0.1) is 26.6 Å². The van der Waals surface area contributed by atoms with Crippen LogP contribution >= 0.6 is 23.1 Å². The number of thiophene rings is 1. The topological polar surface area (TPSA) is 64.0 Å². The summed E-state index contributed by atoms with van der Waals surface area (Å²) >= 11 is 2.68. The van der Waals surface area contributed by atoms with Gasteiger partial charge in [0.15, 0.2) is 5.16 Å². The third-order valence-corrected chi connectivity index (χ3v) is 6.70. The highest BCUT2D eigenvalue weighted by Gasteiger charge is 2.17. The lowest BCUT2D eigenvalue weighted by Crippen LogP contribution is -2.26. The van der Waals surface area contributed by atoms with Gasteiger partial charge in [-0.25, -0.2) is 9.37 Å². The Morgan fingerprint density at radius 3 is 2.83 bits per heavy atom. The zero-order valence-electron chi connectivity index (χ0n) is 16.5. The van der Waals surface area contributed by atoms with E-state index in [1.165, 1.54) is 29.2 Å². The van der Waals surface area contributed by atoms with Crippen molar-refractivity contribution in [1.29, 1.82) is 0 Å². The second-order valence-corrected chi connectivity index (χ2v) is 8.86. The number of benzene rings is 1. The molecule has 2 aromatic heterocycles. The minimum atomic E-state index is -0.293. The maximum absolute atomic E-state index is 13.6. The summed E-state index contributed by atoms with van der Waals surface area (Å²) in [4.78, 5) is 31.5. The molecule has 1 N–H and O–H groups in total. The SMILES string of the molecule is C=CCn1c(SCC(=O)NCc2ccc(C)c(F)c2)nc2sc(C)c(C)c2c1=O. The van der Waals surface area contributed by atoms with Gasteiger partial charge in [-0.2, -0.15) is 0 Å². The molecule has 3 aromatic rings. The van der Waals surface area contributed by atoms with Crippen LogP contribution in [0.5, 0.6) is 0 Å². The summed E-state index contributed by atoms with van der Waals surface area (Å²) in [7, 11) is 0. The Balaban J connectivity index is 1.74. The number of fused-ring (bicyclic) bond motifs is 1. The summed E-state index contributed by atoms with van der Waals surface area (Å²) < 4.78 is 15.2. The standard InChI is InChI=1S/C21H22FN3O2S2/c1-5-8-25-20(27)18-13(3)14(4)29-19(18)24-21(25)28-11-17(26)23-10-15-7-6-12(2)16(22)9-15/h5-7,9H,1,8,10-11H2,2-4H3,(H,23,26). The van der Waals surface area contributed by atoms with Crippen LogP contribution in [-0.2, 0) is 17.9 Å². The van der Waals surface area contributed by atoms with E-state index in [4.69, 9.17) is 0 Å². The normalized spacial score (nSPS) is 11.0. The van der Waals surface area contributed by atoms with Gasteiger partial charge in [-0.3, -0.25) is 14.2 Å². The van der Waals surface area contributed by atoms with Crippen molar-refractivity contribution >= 4 is 39.2 Å². The number of nitrogens with one attached hydrogen (secondary N) is 1. The van der Waals surface area contributed by atoms with Gasteiger partial charge in [0.05, 0.1) is 11.1 Å². The molecule has 0 bridgehead atoms. The molecule has 1 aromatic carbocycles. The number of amides is 1. The van der Waals surface area contributed by atoms with Crippen molar-refractivity contribution in [3.63, 3.8) is 0 Å². The summed E-state index contributed by atoms with van der Waals surface area (Å²) in [6.45, 7) is 9.86. The second kappa shape index (κ2) is 8.92. The average Bonchev–Trinajstić information content (AvgIpc) is 2.97. The van der Waals surface area contributed by atoms with E-state index in [0.717, 1.165) is 10.4 Å². The summed E-state index contributed by atoms with van der Waals surface area (Å²) in [6, 6.07) is 4.88. The summed E-state index contributed by atoms with van der Waals surface area (Å²) in [5, 5.41) is 3.89. The molecule has 0 spiro atoms. The maximum Gasteiger partial charge on any atom is 0.263 e. The highest BCUT2D eigenvalue weighted by atomic mass is 32.2. The molecule has 29 heavy (non-hydrogen) atoms. The molecule has 0 aliphatic rings. The number of nitrogens with zero attached hydrogens (tertiary/aromatic N) is 2. The summed E-state index contributed by atoms with van der Waals surface area (Å²) in [5.74, 6) is -0.403. The summed E-state index contributed by atoms with van der Waals surface area (Å²) in [6.07, 6.45) is 1.64. The van der Waals surface area contributed by atoms with Gasteiger partial charge in [0.25, 0.3) is 5.56 Å². The van der Waals surface area contributed by atoms with Crippen LogP contribution in [0.1, 0.15) is 21.6 Å². The Kier molecular flexibility index (Phi) is 6.54. The van der Waals surface area contributed by atoms with E-state index in [-0.39, 0.29) is 29.6 Å². The molecule has 0 saturated heterocycles. The molecule has 8 heteroatoms. The lowest BCUT2D eigenvalue weighted by Gasteiger charge is -2.11. The first-order chi connectivity index (χ1) is 13.8. The number of allylic oxidation sites excluding steroid dienone is 1. The molecule has 0 fully saturated rings. The number of hydrogen-bond donors (Lipinski definition) is 1. The van der Waals surface area contributed by atoms with Gasteiger partial charge in [-0.1, -0.05) is 30.0 Å². The smallest absolute Gasteiger partial charge is 0.263 e. The first kappa shape index (κ1) is 21.3. The largest absolute Gasteiger partial charge is 0.351 e. The predicted octanol–water partition coefficient (Wildman–Crippen LogP) is 4.12. The number of aromatic nitrogens is 2. The Bertz CT molecular complexity index is 1150. The number of thioether (sulfide) groups is 1. The number of hydrogen-bond acceptors (Lipinski definition) is 5. The number of halogens is 1. The molecule has 0 saturated carbocycles. The van der Waals surface area contributed by atoms with Gasteiger partial charge in [0.2, 0.25) is 5.91 Å². The minimum Gasteiger partial charge on any atom is -0.351 e. The van der Waals surface area contributed by atoms with Gasteiger partial charge >= 0.3 is 0 Å². The van der Waals surface area contributed by atoms with Crippen LogP contribution in [0.15, 0.2) is 40.8 Å². The fourth-order valence-corrected chi connectivity index (χ4v) is 4.75. The molecule has 3 rings (SSSR count). The minimum absolute atomic E-state index is 0.104. The van der Waals surface area contributed by atoms with Crippen molar-refractivity contribution in [2.24, 2.45) is 0 Å². The van der Waals surface area contributed by atoms with Crippen molar-refractivity contribution in [1.82, 2.24) is 14.9 Å². The first-order valence-electron chi connectivity index (χ1n) is 9.07. The molecule has 0 unspecified atom stereocenters. The zero-order chi connectivity index (χ0) is 21.1. The Morgan fingerprint density at radius 2 is 2.14 bits per heavy atom. The van der Waals surface area contributed by atoms with Crippen molar-refractivity contribution in [2.75, 3.05) is 5.75 Å². The number of carbonyl (C=O) groups excluding carboxylic acids is 1. The van der Waals surface area contributed by atoms with Gasteiger partial charge in [0, 0.05) is 18.0 Å². The fourth-order valence-electron chi connectivity index (χ4n) is 2.84. The molecule has 0 aliphatic heterocycles. The van der Waals surface area contributed by atoms with Crippen LogP contribution in [0.3, 0.4) is 0 Å². The monoisotopic (exact) mass is 431 g/mol. The van der Waals surface area contributed by atoms with Crippen LogP contribution in [0.25, 0.3) is 10.2 Å². The fraction of sp³-hybridized carbons (Fsp3) is 0.286. The van der Waals surface area contributed by atoms with E-state index in [1.54, 1.807) is 29.7 Å². The summed E-state index contributed by atoms with van der Waals surface area (Å²) in [5.41, 5.74) is 2.09. The third kappa shape index (κ3) is 4.59. The lowest BCUT2D eigenvalue weighted by atomic mass is 10.1.